The van der Waals surface area contributed by atoms with Crippen molar-refractivity contribution in [3.05, 3.63) is 70.8 Å². The second-order valence-electron chi connectivity index (χ2n) is 8.89. The van der Waals surface area contributed by atoms with Crippen LogP contribution >= 0.6 is 0 Å². The molecule has 1 aliphatic rings. The number of benzene rings is 2. The third kappa shape index (κ3) is 7.16. The number of ether oxygens (including phenoxy) is 1. The number of aliphatic hydroxyl groups excluding tert-OH is 1. The quantitative estimate of drug-likeness (QED) is 0.513. The Morgan fingerprint density at radius 3 is 2.75 bits per heavy atom. The van der Waals surface area contributed by atoms with Crippen LogP contribution in [0.4, 0.5) is 0 Å². The van der Waals surface area contributed by atoms with Gasteiger partial charge in [-0.25, -0.2) is 0 Å². The lowest BCUT2D eigenvalue weighted by Crippen LogP contribution is -2.39. The first-order chi connectivity index (χ1) is 15.5. The monoisotopic (exact) mass is 439 g/mol. The van der Waals surface area contributed by atoms with Gasteiger partial charge in [0.25, 0.3) is 0 Å². The van der Waals surface area contributed by atoms with Crippen LogP contribution in [0.25, 0.3) is 0 Å². The second-order valence-corrected chi connectivity index (χ2v) is 8.89. The van der Waals surface area contributed by atoms with Gasteiger partial charge in [-0.05, 0) is 67.8 Å². The Bertz CT molecular complexity index is 868. The maximum atomic E-state index is 10.9. The third-order valence-electron chi connectivity index (χ3n) is 6.46. The molecule has 1 fully saturated rings. The van der Waals surface area contributed by atoms with Gasteiger partial charge in [0.1, 0.15) is 0 Å². The molecule has 2 aromatic rings. The molecular weight excluding hydrogens is 402 g/mol. The van der Waals surface area contributed by atoms with Gasteiger partial charge in [0, 0.05) is 19.0 Å². The summed E-state index contributed by atoms with van der Waals surface area (Å²) in [7, 11) is 0. The van der Waals surface area contributed by atoms with Gasteiger partial charge < -0.3 is 14.9 Å². The van der Waals surface area contributed by atoms with Gasteiger partial charge in [0.05, 0.1) is 18.8 Å². The molecule has 0 aromatic heterocycles. The predicted octanol–water partition coefficient (Wildman–Crippen LogP) is 4.41. The topological polar surface area (TPSA) is 70.0 Å². The van der Waals surface area contributed by atoms with E-state index in [4.69, 9.17) is 9.84 Å². The van der Waals surface area contributed by atoms with Crippen LogP contribution < -0.4 is 0 Å². The van der Waals surface area contributed by atoms with E-state index in [0.29, 0.717) is 19.0 Å². The van der Waals surface area contributed by atoms with Crippen molar-refractivity contribution < 1.29 is 19.7 Å². The van der Waals surface area contributed by atoms with Crippen LogP contribution in [0, 0.1) is 0 Å². The van der Waals surface area contributed by atoms with Gasteiger partial charge in [-0.3, -0.25) is 9.69 Å². The highest BCUT2D eigenvalue weighted by Gasteiger charge is 2.27. The summed E-state index contributed by atoms with van der Waals surface area (Å²) >= 11 is 0. The van der Waals surface area contributed by atoms with Gasteiger partial charge >= 0.3 is 5.97 Å². The number of carboxylic acid groups (broad SMARTS) is 1. The highest BCUT2D eigenvalue weighted by molar-refractivity contribution is 5.67. The molecule has 5 heteroatoms. The molecule has 0 spiro atoms. The zero-order valence-electron chi connectivity index (χ0n) is 19.4. The zero-order valence-corrected chi connectivity index (χ0v) is 19.4. The molecule has 3 atom stereocenters. The number of carbonyl (C=O) groups is 1. The molecule has 2 N–H and O–H groups in total. The van der Waals surface area contributed by atoms with Crippen LogP contribution in [-0.2, 0) is 28.8 Å². The van der Waals surface area contributed by atoms with Crippen LogP contribution in [0.1, 0.15) is 61.5 Å². The van der Waals surface area contributed by atoms with Gasteiger partial charge in [0.2, 0.25) is 0 Å². The number of nitrogens with zero attached hydrogens (tertiary/aromatic N) is 1. The minimum Gasteiger partial charge on any atom is -0.481 e. The smallest absolute Gasteiger partial charge is 0.303 e. The molecule has 1 aliphatic heterocycles. The lowest BCUT2D eigenvalue weighted by Gasteiger charge is -2.28. The summed E-state index contributed by atoms with van der Waals surface area (Å²) in [5, 5.41) is 19.7. The Kier molecular flexibility index (Phi) is 9.27. The van der Waals surface area contributed by atoms with Crippen molar-refractivity contribution >= 4 is 5.97 Å². The molecule has 0 radical (unpaired) electrons. The van der Waals surface area contributed by atoms with Crippen LogP contribution in [0.5, 0.6) is 0 Å². The Morgan fingerprint density at radius 2 is 1.97 bits per heavy atom. The predicted molar refractivity (Wildman–Crippen MR) is 127 cm³/mol. The van der Waals surface area contributed by atoms with Crippen LogP contribution in [0.2, 0.25) is 0 Å². The van der Waals surface area contributed by atoms with Crippen molar-refractivity contribution in [3.8, 4) is 0 Å². The Morgan fingerprint density at radius 1 is 1.19 bits per heavy atom. The van der Waals surface area contributed by atoms with E-state index < -0.39 is 12.1 Å². The maximum absolute atomic E-state index is 10.9. The SMILES string of the molecule is CCc1cccc(C[C@@H]2CCCN2C[C@@H](O)CO[C@H](C)c2ccccc2CCC(=O)O)c1. The summed E-state index contributed by atoms with van der Waals surface area (Å²) in [6.45, 7) is 6.05. The minimum atomic E-state index is -0.801. The number of likely N-dealkylation sites (tertiary alicyclic amines) is 1. The number of carboxylic acids is 1. The Balaban J connectivity index is 1.50. The van der Waals surface area contributed by atoms with Gasteiger partial charge in [-0.1, -0.05) is 55.5 Å². The molecule has 1 saturated heterocycles. The van der Waals surface area contributed by atoms with E-state index in [1.54, 1.807) is 0 Å². The van der Waals surface area contributed by atoms with E-state index in [1.165, 1.54) is 17.5 Å². The lowest BCUT2D eigenvalue weighted by molar-refractivity contribution is -0.136. The number of rotatable bonds is 12. The molecule has 3 rings (SSSR count). The van der Waals surface area contributed by atoms with Crippen molar-refractivity contribution in [2.75, 3.05) is 19.7 Å². The van der Waals surface area contributed by atoms with E-state index in [0.717, 1.165) is 36.9 Å². The summed E-state index contributed by atoms with van der Waals surface area (Å²) in [6.07, 6.45) is 4.24. The van der Waals surface area contributed by atoms with E-state index in [9.17, 15) is 9.90 Å². The standard InChI is InChI=1S/C27H37NO4/c1-3-21-8-6-9-22(16-21)17-24-11-7-15-28(24)18-25(29)19-32-20(2)26-12-5-4-10-23(26)13-14-27(30)31/h4-6,8-10,12,16,20,24-25,29H,3,7,11,13-15,17-19H2,1-2H3,(H,30,31)/t20-,24+,25-/m1/s1. The van der Waals surface area contributed by atoms with E-state index >= 15 is 0 Å². The maximum Gasteiger partial charge on any atom is 0.303 e. The van der Waals surface area contributed by atoms with Crippen molar-refractivity contribution in [2.45, 2.75) is 70.6 Å². The molecule has 0 aliphatic carbocycles. The molecule has 0 unspecified atom stereocenters. The van der Waals surface area contributed by atoms with E-state index in [2.05, 4.69) is 36.1 Å². The molecule has 174 valence electrons. The summed E-state index contributed by atoms with van der Waals surface area (Å²) in [6, 6.07) is 17.1. The normalized spacial score (nSPS) is 18.5. The fourth-order valence-electron chi connectivity index (χ4n) is 4.68. The van der Waals surface area contributed by atoms with E-state index in [1.807, 2.05) is 31.2 Å². The van der Waals surface area contributed by atoms with Gasteiger partial charge in [-0.2, -0.15) is 0 Å². The van der Waals surface area contributed by atoms with Crippen molar-refractivity contribution in [1.29, 1.82) is 0 Å². The average Bonchev–Trinajstić information content (AvgIpc) is 3.22. The highest BCUT2D eigenvalue weighted by atomic mass is 16.5. The largest absolute Gasteiger partial charge is 0.481 e. The molecular formula is C27H37NO4. The first kappa shape index (κ1) is 24.4. The summed E-state index contributed by atoms with van der Waals surface area (Å²) in [4.78, 5) is 13.3. The first-order valence-corrected chi connectivity index (χ1v) is 11.9. The fourth-order valence-corrected chi connectivity index (χ4v) is 4.68. The first-order valence-electron chi connectivity index (χ1n) is 11.9. The molecule has 0 bridgehead atoms. The minimum absolute atomic E-state index is 0.101. The zero-order chi connectivity index (χ0) is 22.9. The number of aliphatic hydroxyl groups is 1. The molecule has 0 amide bonds. The molecule has 5 nitrogen and oxygen atoms in total. The molecule has 0 saturated carbocycles. The van der Waals surface area contributed by atoms with Crippen LogP contribution in [0.3, 0.4) is 0 Å². The van der Waals surface area contributed by atoms with Crippen LogP contribution in [0.15, 0.2) is 48.5 Å². The van der Waals surface area contributed by atoms with E-state index in [-0.39, 0.29) is 19.1 Å². The number of β-amino-alcohol motifs (C(OH)–C–C–N with tert-alkyl or cyclic N) is 1. The number of hydrogen-bond donors (Lipinski definition) is 2. The van der Waals surface area contributed by atoms with Gasteiger partial charge in [0.15, 0.2) is 0 Å². The molecule has 1 heterocycles. The highest BCUT2D eigenvalue weighted by Crippen LogP contribution is 2.24. The lowest BCUT2D eigenvalue weighted by atomic mass is 9.99. The van der Waals surface area contributed by atoms with Gasteiger partial charge in [-0.15, -0.1) is 0 Å². The molecule has 32 heavy (non-hydrogen) atoms. The second kappa shape index (κ2) is 12.1. The fraction of sp³-hybridized carbons (Fsp3) is 0.519. The summed E-state index contributed by atoms with van der Waals surface area (Å²) in [5.74, 6) is -0.801. The number of aryl methyl sites for hydroxylation is 2. The van der Waals surface area contributed by atoms with Crippen LogP contribution in [-0.4, -0.2) is 52.9 Å². The summed E-state index contributed by atoms with van der Waals surface area (Å²) in [5.41, 5.74) is 4.73. The number of hydrogen-bond acceptors (Lipinski definition) is 4. The Labute approximate surface area is 192 Å². The third-order valence-corrected chi connectivity index (χ3v) is 6.46. The molecule has 2 aromatic carbocycles. The summed E-state index contributed by atoms with van der Waals surface area (Å²) < 4.78 is 6.01. The average molecular weight is 440 g/mol. The van der Waals surface area contributed by atoms with Crippen molar-refractivity contribution in [1.82, 2.24) is 4.90 Å². The Hall–Kier alpha value is -2.21. The number of aliphatic carboxylic acids is 1. The van der Waals surface area contributed by atoms with Crippen molar-refractivity contribution in [3.63, 3.8) is 0 Å². The van der Waals surface area contributed by atoms with Crippen molar-refractivity contribution in [2.24, 2.45) is 0 Å².